The number of aliphatic hydroxyl groups excluding tert-OH is 1. The molecule has 9 nitrogen and oxygen atoms in total. The Morgan fingerprint density at radius 2 is 1.85 bits per heavy atom. The van der Waals surface area contributed by atoms with Crippen molar-refractivity contribution < 1.29 is 32.2 Å². The summed E-state index contributed by atoms with van der Waals surface area (Å²) in [7, 11) is -0.0862. The zero-order valence-corrected chi connectivity index (χ0v) is 24.8. The van der Waals surface area contributed by atoms with Crippen molar-refractivity contribution >= 4 is 21.6 Å². The van der Waals surface area contributed by atoms with Gasteiger partial charge in [-0.15, -0.1) is 0 Å². The van der Waals surface area contributed by atoms with Crippen LogP contribution in [0.2, 0.25) is 0 Å². The molecule has 0 saturated carbocycles. The fourth-order valence-corrected chi connectivity index (χ4v) is 5.69. The summed E-state index contributed by atoms with van der Waals surface area (Å²) in [5, 5.41) is 10.0. The molecule has 1 heterocycles. The molecule has 0 bridgehead atoms. The molecule has 0 aromatic heterocycles. The number of fused-ring (bicyclic) bond motifs is 1. The number of aliphatic hydroxyl groups is 1. The van der Waals surface area contributed by atoms with Gasteiger partial charge in [-0.2, -0.15) is 0 Å². The van der Waals surface area contributed by atoms with Crippen LogP contribution in [0.4, 0.5) is 10.1 Å². The minimum Gasteiger partial charge on any atom is -0.490 e. The number of likely N-dealkylation sites (N-methyl/N-ethyl adjacent to an activating group) is 1. The number of carbonyl (C=O) groups is 1. The molecule has 222 valence electrons. The van der Waals surface area contributed by atoms with Crippen LogP contribution in [0, 0.1) is 11.7 Å². The zero-order chi connectivity index (χ0) is 29.4. The third-order valence-electron chi connectivity index (χ3n) is 6.97. The second kappa shape index (κ2) is 14.2. The van der Waals surface area contributed by atoms with Crippen molar-refractivity contribution in [3.63, 3.8) is 0 Å². The van der Waals surface area contributed by atoms with Crippen LogP contribution in [-0.4, -0.2) is 87.9 Å². The molecule has 0 spiro atoms. The van der Waals surface area contributed by atoms with Crippen molar-refractivity contribution in [2.24, 2.45) is 5.92 Å². The highest BCUT2D eigenvalue weighted by Gasteiger charge is 2.30. The number of carbonyl (C=O) groups excluding carboxylic acids is 1. The van der Waals surface area contributed by atoms with Gasteiger partial charge in [0, 0.05) is 31.3 Å². The number of nitrogens with one attached hydrogen (secondary N) is 1. The van der Waals surface area contributed by atoms with Gasteiger partial charge in [-0.05, 0) is 89.7 Å². The first-order chi connectivity index (χ1) is 18.9. The maximum Gasteiger partial charge on any atom is 0.261 e. The number of halogens is 1. The van der Waals surface area contributed by atoms with Gasteiger partial charge in [0.1, 0.15) is 11.6 Å². The molecule has 40 heavy (non-hydrogen) atoms. The van der Waals surface area contributed by atoms with E-state index < -0.39 is 21.9 Å². The smallest absolute Gasteiger partial charge is 0.261 e. The van der Waals surface area contributed by atoms with E-state index >= 15 is 0 Å². The van der Waals surface area contributed by atoms with Crippen LogP contribution in [0.3, 0.4) is 0 Å². The second-order valence-electron chi connectivity index (χ2n) is 10.8. The first-order valence-corrected chi connectivity index (χ1v) is 15.2. The summed E-state index contributed by atoms with van der Waals surface area (Å²) < 4.78 is 54.2. The molecular formula is C29H42FN3O6S. The number of sulfonamides is 1. The van der Waals surface area contributed by atoms with E-state index in [2.05, 4.69) is 9.62 Å². The van der Waals surface area contributed by atoms with Gasteiger partial charge in [0.25, 0.3) is 15.9 Å². The molecule has 0 unspecified atom stereocenters. The number of rotatable bonds is 7. The van der Waals surface area contributed by atoms with E-state index in [4.69, 9.17) is 9.47 Å². The molecule has 0 aliphatic carbocycles. The molecule has 1 aliphatic rings. The van der Waals surface area contributed by atoms with Crippen molar-refractivity contribution in [1.82, 2.24) is 9.80 Å². The second-order valence-corrected chi connectivity index (χ2v) is 12.5. The van der Waals surface area contributed by atoms with Crippen LogP contribution in [0.5, 0.6) is 5.75 Å². The summed E-state index contributed by atoms with van der Waals surface area (Å²) in [5.74, 6) is -0.651. The molecular weight excluding hydrogens is 537 g/mol. The lowest BCUT2D eigenvalue weighted by Gasteiger charge is -2.35. The Kier molecular flexibility index (Phi) is 11.3. The van der Waals surface area contributed by atoms with Crippen LogP contribution in [0.25, 0.3) is 0 Å². The molecule has 1 amide bonds. The van der Waals surface area contributed by atoms with E-state index in [1.807, 2.05) is 27.9 Å². The van der Waals surface area contributed by atoms with E-state index in [0.29, 0.717) is 25.4 Å². The average molecular weight is 580 g/mol. The lowest BCUT2D eigenvalue weighted by atomic mass is 10.0. The molecule has 3 rings (SSSR count). The number of hydrogen-bond acceptors (Lipinski definition) is 7. The van der Waals surface area contributed by atoms with Crippen LogP contribution in [0.15, 0.2) is 47.4 Å². The molecule has 0 fully saturated rings. The predicted molar refractivity (Wildman–Crippen MR) is 153 cm³/mol. The molecule has 11 heteroatoms. The summed E-state index contributed by atoms with van der Waals surface area (Å²) in [5.41, 5.74) is 0.341. The van der Waals surface area contributed by atoms with E-state index in [1.165, 1.54) is 24.3 Å². The SMILES string of the molecule is C[C@@H]1CCCCO[C@H](CN(C)C)[C@H](C)CN([C@@H](C)CO)C(=O)c2cc(NS(=O)(=O)c3ccc(F)cc3)ccc2O1. The van der Waals surface area contributed by atoms with E-state index in [-0.39, 0.29) is 46.8 Å². The number of amides is 1. The summed E-state index contributed by atoms with van der Waals surface area (Å²) >= 11 is 0. The van der Waals surface area contributed by atoms with Gasteiger partial charge >= 0.3 is 0 Å². The number of benzene rings is 2. The van der Waals surface area contributed by atoms with Crippen molar-refractivity contribution in [2.45, 2.75) is 63.2 Å². The van der Waals surface area contributed by atoms with Gasteiger partial charge in [0.05, 0.1) is 35.3 Å². The first-order valence-electron chi connectivity index (χ1n) is 13.7. The lowest BCUT2D eigenvalue weighted by Crippen LogP contribution is -2.47. The average Bonchev–Trinajstić information content (AvgIpc) is 2.90. The summed E-state index contributed by atoms with van der Waals surface area (Å²) in [6, 6.07) is 8.54. The Morgan fingerprint density at radius 3 is 2.50 bits per heavy atom. The van der Waals surface area contributed by atoms with Crippen LogP contribution < -0.4 is 9.46 Å². The Balaban J connectivity index is 2.02. The van der Waals surface area contributed by atoms with Crippen molar-refractivity contribution in [1.29, 1.82) is 0 Å². The monoisotopic (exact) mass is 579 g/mol. The van der Waals surface area contributed by atoms with Crippen molar-refractivity contribution in [2.75, 3.05) is 45.1 Å². The highest BCUT2D eigenvalue weighted by Crippen LogP contribution is 2.29. The Hall–Kier alpha value is -2.73. The highest BCUT2D eigenvalue weighted by molar-refractivity contribution is 7.92. The van der Waals surface area contributed by atoms with Gasteiger partial charge in [-0.3, -0.25) is 9.52 Å². The van der Waals surface area contributed by atoms with Crippen molar-refractivity contribution in [3.8, 4) is 5.75 Å². The zero-order valence-electron chi connectivity index (χ0n) is 24.0. The van der Waals surface area contributed by atoms with E-state index in [1.54, 1.807) is 17.9 Å². The molecule has 4 atom stereocenters. The fourth-order valence-electron chi connectivity index (χ4n) is 4.64. The van der Waals surface area contributed by atoms with Crippen LogP contribution >= 0.6 is 0 Å². The largest absolute Gasteiger partial charge is 0.490 e. The van der Waals surface area contributed by atoms with Crippen LogP contribution in [-0.2, 0) is 14.8 Å². The van der Waals surface area contributed by atoms with Gasteiger partial charge < -0.3 is 24.4 Å². The third kappa shape index (κ3) is 8.63. The summed E-state index contributed by atoms with van der Waals surface area (Å²) in [6.07, 6.45) is 2.19. The van der Waals surface area contributed by atoms with E-state index in [0.717, 1.165) is 31.4 Å². The fraction of sp³-hybridized carbons (Fsp3) is 0.552. The third-order valence-corrected chi connectivity index (χ3v) is 8.37. The van der Waals surface area contributed by atoms with E-state index in [9.17, 15) is 22.7 Å². The van der Waals surface area contributed by atoms with Gasteiger partial charge in [0.15, 0.2) is 0 Å². The molecule has 2 N–H and O–H groups in total. The van der Waals surface area contributed by atoms with Gasteiger partial charge in [0.2, 0.25) is 0 Å². The number of anilines is 1. The molecule has 2 aromatic rings. The topological polar surface area (TPSA) is 108 Å². The molecule has 0 radical (unpaired) electrons. The normalized spacial score (nSPS) is 22.2. The number of hydrogen-bond donors (Lipinski definition) is 2. The lowest BCUT2D eigenvalue weighted by molar-refractivity contribution is -0.0137. The van der Waals surface area contributed by atoms with Crippen LogP contribution in [0.1, 0.15) is 50.4 Å². The Labute approximate surface area is 237 Å². The maximum atomic E-state index is 14.1. The summed E-state index contributed by atoms with van der Waals surface area (Å²) in [4.78, 5) is 17.6. The Morgan fingerprint density at radius 1 is 1.15 bits per heavy atom. The quantitative estimate of drug-likeness (QED) is 0.511. The van der Waals surface area contributed by atoms with Crippen molar-refractivity contribution in [3.05, 3.63) is 53.8 Å². The highest BCUT2D eigenvalue weighted by atomic mass is 32.2. The summed E-state index contributed by atoms with van der Waals surface area (Å²) in [6.45, 7) is 7.07. The van der Waals surface area contributed by atoms with Gasteiger partial charge in [-0.1, -0.05) is 6.92 Å². The molecule has 0 saturated heterocycles. The Bertz CT molecular complexity index is 1220. The minimum atomic E-state index is -4.04. The first kappa shape index (κ1) is 31.8. The molecule has 2 aromatic carbocycles. The standard InChI is InChI=1S/C29H42FN3O6S/c1-20-17-33(21(2)19-34)29(35)26-16-24(31-40(36,37)25-12-9-23(30)10-13-25)11-14-27(26)39-22(3)8-6-7-15-38-28(20)18-32(4)5/h9-14,16,20-22,28,31,34H,6-8,15,17-19H2,1-5H3/t20-,21+,22-,28-/m1/s1. The number of nitrogens with zero attached hydrogens (tertiary/aromatic N) is 2. The number of ether oxygens (including phenoxy) is 2. The minimum absolute atomic E-state index is 0.0493. The van der Waals surface area contributed by atoms with Gasteiger partial charge in [-0.25, -0.2) is 12.8 Å². The maximum absolute atomic E-state index is 14.1. The molecule has 1 aliphatic heterocycles. The predicted octanol–water partition coefficient (Wildman–Crippen LogP) is 3.98.